The number of hydrogen-bond acceptors (Lipinski definition) is 3. The lowest BCUT2D eigenvalue weighted by Gasteiger charge is -2.14. The third-order valence-electron chi connectivity index (χ3n) is 3.68. The van der Waals surface area contributed by atoms with Crippen LogP contribution in [0.2, 0.25) is 0 Å². The first-order valence-corrected chi connectivity index (χ1v) is 6.83. The van der Waals surface area contributed by atoms with Crippen molar-refractivity contribution < 1.29 is 9.21 Å². The zero-order valence-electron chi connectivity index (χ0n) is 11.9. The Morgan fingerprint density at radius 1 is 1.37 bits per heavy atom. The number of hydrogen-bond donors (Lipinski definition) is 2. The molecule has 0 aliphatic carbocycles. The number of nitrogens with one attached hydrogen (secondary N) is 2. The molecule has 1 aromatic heterocycles. The van der Waals surface area contributed by atoms with Crippen LogP contribution in [0.5, 0.6) is 0 Å². The van der Waals surface area contributed by atoms with Gasteiger partial charge in [-0.05, 0) is 40.2 Å². The number of rotatable bonds is 4. The maximum absolute atomic E-state index is 12.1. The van der Waals surface area contributed by atoms with Crippen molar-refractivity contribution in [3.05, 3.63) is 34.3 Å². The largest absolute Gasteiger partial charge is 0.466 e. The highest BCUT2D eigenvalue weighted by molar-refractivity contribution is 5.96. The van der Waals surface area contributed by atoms with Crippen molar-refractivity contribution in [2.45, 2.75) is 33.6 Å². The van der Waals surface area contributed by atoms with E-state index in [2.05, 4.69) is 16.7 Å². The summed E-state index contributed by atoms with van der Waals surface area (Å²) in [5.74, 6) is 1.50. The van der Waals surface area contributed by atoms with E-state index in [0.29, 0.717) is 17.9 Å². The Morgan fingerprint density at radius 2 is 2.16 bits per heavy atom. The molecule has 0 spiro atoms. The predicted molar refractivity (Wildman–Crippen MR) is 75.4 cm³/mol. The van der Waals surface area contributed by atoms with Crippen molar-refractivity contribution in [1.82, 2.24) is 10.6 Å². The van der Waals surface area contributed by atoms with Gasteiger partial charge in [-0.25, -0.2) is 0 Å². The smallest absolute Gasteiger partial charge is 0.255 e. The van der Waals surface area contributed by atoms with Gasteiger partial charge < -0.3 is 15.1 Å². The summed E-state index contributed by atoms with van der Waals surface area (Å²) in [4.78, 5) is 12.1. The SMILES string of the molecule is Cc1oc(C)c(C(=O)NCCC2=CCNCC2)c1C. The third kappa shape index (κ3) is 3.26. The molecule has 0 unspecified atom stereocenters. The number of amides is 1. The normalized spacial score (nSPS) is 15.2. The molecular formula is C15H22N2O2. The van der Waals surface area contributed by atoms with Gasteiger partial charge in [0.1, 0.15) is 11.5 Å². The second kappa shape index (κ2) is 6.06. The van der Waals surface area contributed by atoms with Crippen LogP contribution in [0.25, 0.3) is 0 Å². The molecule has 19 heavy (non-hydrogen) atoms. The second-order valence-electron chi connectivity index (χ2n) is 5.04. The summed E-state index contributed by atoms with van der Waals surface area (Å²) in [6, 6.07) is 0. The second-order valence-corrected chi connectivity index (χ2v) is 5.04. The molecule has 1 amide bonds. The number of carbonyl (C=O) groups excluding carboxylic acids is 1. The standard InChI is InChI=1S/C15H22N2O2/c1-10-11(2)19-12(3)14(10)15(18)17-9-6-13-4-7-16-8-5-13/h4,16H,5-9H2,1-3H3,(H,17,18). The van der Waals surface area contributed by atoms with Gasteiger partial charge in [-0.1, -0.05) is 11.6 Å². The number of aryl methyl sites for hydroxylation is 2. The summed E-state index contributed by atoms with van der Waals surface area (Å²) in [7, 11) is 0. The van der Waals surface area contributed by atoms with E-state index in [-0.39, 0.29) is 5.91 Å². The molecule has 2 rings (SSSR count). The van der Waals surface area contributed by atoms with Crippen LogP contribution >= 0.6 is 0 Å². The fraction of sp³-hybridized carbons (Fsp3) is 0.533. The van der Waals surface area contributed by atoms with Crippen molar-refractivity contribution in [3.63, 3.8) is 0 Å². The van der Waals surface area contributed by atoms with E-state index in [1.54, 1.807) is 0 Å². The first kappa shape index (κ1) is 13.9. The minimum Gasteiger partial charge on any atom is -0.466 e. The highest BCUT2D eigenvalue weighted by atomic mass is 16.3. The molecule has 1 aliphatic rings. The highest BCUT2D eigenvalue weighted by Gasteiger charge is 2.18. The average Bonchev–Trinajstić information content (AvgIpc) is 2.64. The van der Waals surface area contributed by atoms with Gasteiger partial charge in [0.05, 0.1) is 5.56 Å². The summed E-state index contributed by atoms with van der Waals surface area (Å²) in [6.45, 7) is 8.33. The van der Waals surface area contributed by atoms with Crippen LogP contribution in [0.15, 0.2) is 16.1 Å². The molecule has 2 heterocycles. The minimum absolute atomic E-state index is 0.0265. The summed E-state index contributed by atoms with van der Waals surface area (Å²) in [5.41, 5.74) is 3.06. The molecule has 1 aliphatic heterocycles. The van der Waals surface area contributed by atoms with Gasteiger partial charge in [0.15, 0.2) is 0 Å². The van der Waals surface area contributed by atoms with Crippen LogP contribution in [0.4, 0.5) is 0 Å². The van der Waals surface area contributed by atoms with Gasteiger partial charge in [0.25, 0.3) is 5.91 Å². The first-order chi connectivity index (χ1) is 9.09. The summed E-state index contributed by atoms with van der Waals surface area (Å²) in [6.07, 6.45) is 4.23. The van der Waals surface area contributed by atoms with E-state index in [1.807, 2.05) is 20.8 Å². The fourth-order valence-corrected chi connectivity index (χ4v) is 2.45. The van der Waals surface area contributed by atoms with Crippen LogP contribution < -0.4 is 10.6 Å². The van der Waals surface area contributed by atoms with Crippen LogP contribution in [0.1, 0.15) is 40.3 Å². The zero-order valence-corrected chi connectivity index (χ0v) is 11.9. The van der Waals surface area contributed by atoms with Crippen molar-refractivity contribution >= 4 is 5.91 Å². The molecule has 0 radical (unpaired) electrons. The van der Waals surface area contributed by atoms with Crippen molar-refractivity contribution in [1.29, 1.82) is 0 Å². The van der Waals surface area contributed by atoms with Gasteiger partial charge >= 0.3 is 0 Å². The summed E-state index contributed by atoms with van der Waals surface area (Å²) in [5, 5.41) is 6.26. The molecule has 4 nitrogen and oxygen atoms in total. The fourth-order valence-electron chi connectivity index (χ4n) is 2.45. The van der Waals surface area contributed by atoms with Gasteiger partial charge in [-0.15, -0.1) is 0 Å². The van der Waals surface area contributed by atoms with Crippen molar-refractivity contribution in [2.75, 3.05) is 19.6 Å². The van der Waals surface area contributed by atoms with Crippen LogP contribution in [0, 0.1) is 20.8 Å². The lowest BCUT2D eigenvalue weighted by Crippen LogP contribution is -2.27. The van der Waals surface area contributed by atoms with Crippen LogP contribution in [-0.2, 0) is 0 Å². The van der Waals surface area contributed by atoms with E-state index in [9.17, 15) is 4.79 Å². The van der Waals surface area contributed by atoms with Crippen molar-refractivity contribution in [3.8, 4) is 0 Å². The topological polar surface area (TPSA) is 54.3 Å². The summed E-state index contributed by atoms with van der Waals surface area (Å²) < 4.78 is 5.48. The number of carbonyl (C=O) groups is 1. The lowest BCUT2D eigenvalue weighted by molar-refractivity contribution is 0.0952. The third-order valence-corrected chi connectivity index (χ3v) is 3.68. The minimum atomic E-state index is -0.0265. The van der Waals surface area contributed by atoms with E-state index in [4.69, 9.17) is 4.42 Å². The Morgan fingerprint density at radius 3 is 2.74 bits per heavy atom. The van der Waals surface area contributed by atoms with E-state index in [0.717, 1.165) is 37.3 Å². The highest BCUT2D eigenvalue weighted by Crippen LogP contribution is 2.20. The first-order valence-electron chi connectivity index (χ1n) is 6.83. The summed E-state index contributed by atoms with van der Waals surface area (Å²) >= 11 is 0. The predicted octanol–water partition coefficient (Wildman–Crippen LogP) is 2.24. The van der Waals surface area contributed by atoms with Gasteiger partial charge in [-0.3, -0.25) is 4.79 Å². The van der Waals surface area contributed by atoms with E-state index >= 15 is 0 Å². The quantitative estimate of drug-likeness (QED) is 0.818. The Bertz CT molecular complexity index is 500. The van der Waals surface area contributed by atoms with Crippen LogP contribution in [-0.4, -0.2) is 25.5 Å². The molecule has 0 aromatic carbocycles. The maximum atomic E-state index is 12.1. The molecule has 0 atom stereocenters. The average molecular weight is 262 g/mol. The molecule has 0 fully saturated rings. The Hall–Kier alpha value is -1.55. The van der Waals surface area contributed by atoms with Gasteiger partial charge in [-0.2, -0.15) is 0 Å². The zero-order chi connectivity index (χ0) is 13.8. The molecular weight excluding hydrogens is 240 g/mol. The Balaban J connectivity index is 1.89. The molecule has 4 heteroatoms. The molecule has 104 valence electrons. The van der Waals surface area contributed by atoms with Gasteiger partial charge in [0, 0.05) is 18.7 Å². The number of furan rings is 1. The lowest BCUT2D eigenvalue weighted by atomic mass is 10.1. The molecule has 0 saturated carbocycles. The van der Waals surface area contributed by atoms with Crippen molar-refractivity contribution in [2.24, 2.45) is 0 Å². The molecule has 0 saturated heterocycles. The van der Waals surface area contributed by atoms with Crippen LogP contribution in [0.3, 0.4) is 0 Å². The Labute approximate surface area is 114 Å². The monoisotopic (exact) mass is 262 g/mol. The van der Waals surface area contributed by atoms with E-state index in [1.165, 1.54) is 5.57 Å². The maximum Gasteiger partial charge on any atom is 0.255 e. The molecule has 0 bridgehead atoms. The molecule has 1 aromatic rings. The van der Waals surface area contributed by atoms with Gasteiger partial charge in [0.2, 0.25) is 0 Å². The van der Waals surface area contributed by atoms with E-state index < -0.39 is 0 Å². The molecule has 2 N–H and O–H groups in total. The Kier molecular flexibility index (Phi) is 4.43.